The van der Waals surface area contributed by atoms with E-state index in [9.17, 15) is 0 Å². The van der Waals surface area contributed by atoms with Gasteiger partial charge in [0.25, 0.3) is 0 Å². The van der Waals surface area contributed by atoms with Crippen LogP contribution in [0.4, 0.5) is 0 Å². The van der Waals surface area contributed by atoms with E-state index >= 15 is 0 Å². The third-order valence-electron chi connectivity index (χ3n) is 4.15. The van der Waals surface area contributed by atoms with Gasteiger partial charge in [0.15, 0.2) is 5.96 Å². The van der Waals surface area contributed by atoms with Crippen molar-refractivity contribution in [3.63, 3.8) is 0 Å². The summed E-state index contributed by atoms with van der Waals surface area (Å²) in [7, 11) is 1.79. The number of rotatable bonds is 7. The maximum atomic E-state index is 6.15. The van der Waals surface area contributed by atoms with Crippen molar-refractivity contribution in [3.05, 3.63) is 29.3 Å². The second-order valence-corrected chi connectivity index (χ2v) is 7.74. The third-order valence-corrected chi connectivity index (χ3v) is 4.15. The molecule has 0 bridgehead atoms. The molecule has 6 heteroatoms. The van der Waals surface area contributed by atoms with Crippen molar-refractivity contribution in [1.29, 1.82) is 0 Å². The van der Waals surface area contributed by atoms with Crippen LogP contribution in [0.3, 0.4) is 0 Å². The summed E-state index contributed by atoms with van der Waals surface area (Å²) in [6.45, 7) is 12.4. The Hall–Kier alpha value is -1.79. The molecule has 146 valence electrons. The number of benzene rings is 1. The van der Waals surface area contributed by atoms with Gasteiger partial charge in [-0.1, -0.05) is 12.1 Å². The van der Waals surface area contributed by atoms with E-state index in [4.69, 9.17) is 9.47 Å². The van der Waals surface area contributed by atoms with Crippen LogP contribution >= 0.6 is 0 Å². The van der Waals surface area contributed by atoms with E-state index in [1.165, 1.54) is 5.56 Å². The van der Waals surface area contributed by atoms with Gasteiger partial charge in [-0.25, -0.2) is 0 Å². The minimum absolute atomic E-state index is 0.122. The van der Waals surface area contributed by atoms with Crippen molar-refractivity contribution in [2.24, 2.45) is 4.99 Å². The lowest BCUT2D eigenvalue weighted by molar-refractivity contribution is 0.140. The fraction of sp³-hybridized carbons (Fsp3) is 0.650. The molecule has 1 fully saturated rings. The van der Waals surface area contributed by atoms with Crippen LogP contribution in [0.25, 0.3) is 0 Å². The zero-order valence-electron chi connectivity index (χ0n) is 16.8. The highest BCUT2D eigenvalue weighted by Gasteiger charge is 2.18. The molecule has 1 aromatic rings. The first-order chi connectivity index (χ1) is 12.4. The molecular weight excluding hydrogens is 328 g/mol. The summed E-state index contributed by atoms with van der Waals surface area (Å²) in [5.41, 5.74) is 2.44. The minimum Gasteiger partial charge on any atom is -0.488 e. The van der Waals surface area contributed by atoms with Gasteiger partial charge in [-0.2, -0.15) is 0 Å². The quantitative estimate of drug-likeness (QED) is 0.394. The Morgan fingerprint density at radius 2 is 2.08 bits per heavy atom. The van der Waals surface area contributed by atoms with Crippen molar-refractivity contribution in [1.82, 2.24) is 16.0 Å². The van der Waals surface area contributed by atoms with Gasteiger partial charge in [0.05, 0.1) is 13.2 Å². The predicted octanol–water partition coefficient (Wildman–Crippen LogP) is 2.22. The molecule has 0 spiro atoms. The molecule has 1 aliphatic heterocycles. The largest absolute Gasteiger partial charge is 0.488 e. The van der Waals surface area contributed by atoms with Crippen molar-refractivity contribution in [2.45, 2.75) is 52.3 Å². The lowest BCUT2D eigenvalue weighted by Crippen LogP contribution is -2.44. The lowest BCUT2D eigenvalue weighted by atomic mass is 10.1. The predicted molar refractivity (Wildman–Crippen MR) is 107 cm³/mol. The van der Waals surface area contributed by atoms with Crippen molar-refractivity contribution < 1.29 is 9.47 Å². The van der Waals surface area contributed by atoms with Gasteiger partial charge >= 0.3 is 0 Å². The van der Waals surface area contributed by atoms with Gasteiger partial charge in [-0.3, -0.25) is 4.99 Å². The molecule has 0 saturated carbocycles. The summed E-state index contributed by atoms with van der Waals surface area (Å²) in [4.78, 5) is 4.29. The average molecular weight is 363 g/mol. The smallest absolute Gasteiger partial charge is 0.191 e. The Labute approximate surface area is 157 Å². The van der Waals surface area contributed by atoms with Crippen LogP contribution < -0.4 is 20.7 Å². The van der Waals surface area contributed by atoms with Gasteiger partial charge in [0.2, 0.25) is 0 Å². The molecule has 3 N–H and O–H groups in total. The van der Waals surface area contributed by atoms with E-state index < -0.39 is 0 Å². The highest BCUT2D eigenvalue weighted by atomic mass is 16.5. The zero-order chi connectivity index (χ0) is 19.0. The number of nitrogens with one attached hydrogen (secondary N) is 3. The van der Waals surface area contributed by atoms with Crippen LogP contribution in [0.5, 0.6) is 5.75 Å². The number of aliphatic imine (C=N–C) groups is 1. The summed E-state index contributed by atoms with van der Waals surface area (Å²) in [6, 6.07) is 6.32. The lowest BCUT2D eigenvalue weighted by Gasteiger charge is -2.21. The standard InChI is InChI=1S/C20H34N4O2/c1-15-6-7-16(18(12-15)26-17-8-11-25-14-17)13-23-19(21-5)22-9-10-24-20(2,3)4/h6-7,12,17,24H,8-11,13-14H2,1-5H3,(H2,21,22,23). The summed E-state index contributed by atoms with van der Waals surface area (Å²) >= 11 is 0. The first kappa shape index (κ1) is 20.5. The van der Waals surface area contributed by atoms with Crippen molar-refractivity contribution in [3.8, 4) is 5.75 Å². The highest BCUT2D eigenvalue weighted by Crippen LogP contribution is 2.23. The van der Waals surface area contributed by atoms with Gasteiger partial charge in [-0.05, 0) is 39.3 Å². The average Bonchev–Trinajstić information content (AvgIpc) is 3.08. The maximum absolute atomic E-state index is 6.15. The minimum atomic E-state index is 0.122. The second-order valence-electron chi connectivity index (χ2n) is 7.74. The first-order valence-electron chi connectivity index (χ1n) is 9.41. The number of hydrogen-bond donors (Lipinski definition) is 3. The molecule has 1 atom stereocenters. The third kappa shape index (κ3) is 7.22. The summed E-state index contributed by atoms with van der Waals surface area (Å²) in [5.74, 6) is 1.72. The maximum Gasteiger partial charge on any atom is 0.191 e. The molecule has 0 aromatic heterocycles. The van der Waals surface area contributed by atoms with Gasteiger partial charge in [0, 0.05) is 44.2 Å². The molecule has 1 heterocycles. The van der Waals surface area contributed by atoms with E-state index in [1.807, 2.05) is 0 Å². The number of guanidine groups is 1. The summed E-state index contributed by atoms with van der Waals surface area (Å²) in [5, 5.41) is 10.2. The second kappa shape index (κ2) is 9.78. The monoisotopic (exact) mass is 362 g/mol. The Morgan fingerprint density at radius 3 is 2.73 bits per heavy atom. The van der Waals surface area contributed by atoms with Crippen LogP contribution in [0.1, 0.15) is 38.3 Å². The number of ether oxygens (including phenoxy) is 2. The molecule has 26 heavy (non-hydrogen) atoms. The van der Waals surface area contributed by atoms with E-state index in [2.05, 4.69) is 66.8 Å². The molecule has 1 saturated heterocycles. The summed E-state index contributed by atoms with van der Waals surface area (Å²) < 4.78 is 11.6. The first-order valence-corrected chi connectivity index (χ1v) is 9.41. The molecule has 0 aliphatic carbocycles. The molecular formula is C20H34N4O2. The van der Waals surface area contributed by atoms with Crippen LogP contribution in [0.15, 0.2) is 23.2 Å². The van der Waals surface area contributed by atoms with Crippen molar-refractivity contribution >= 4 is 5.96 Å². The molecule has 2 rings (SSSR count). The van der Waals surface area contributed by atoms with Crippen LogP contribution in [0.2, 0.25) is 0 Å². The summed E-state index contributed by atoms with van der Waals surface area (Å²) in [6.07, 6.45) is 1.10. The number of hydrogen-bond acceptors (Lipinski definition) is 4. The molecule has 0 radical (unpaired) electrons. The van der Waals surface area contributed by atoms with Gasteiger partial charge in [-0.15, -0.1) is 0 Å². The van der Waals surface area contributed by atoms with E-state index in [-0.39, 0.29) is 11.6 Å². The fourth-order valence-corrected chi connectivity index (χ4v) is 2.72. The molecule has 1 aromatic carbocycles. The Balaban J connectivity index is 1.86. The molecule has 1 aliphatic rings. The number of nitrogens with zero attached hydrogens (tertiary/aromatic N) is 1. The van der Waals surface area contributed by atoms with E-state index in [1.54, 1.807) is 7.05 Å². The molecule has 1 unspecified atom stereocenters. The molecule has 6 nitrogen and oxygen atoms in total. The zero-order valence-corrected chi connectivity index (χ0v) is 16.8. The Morgan fingerprint density at radius 1 is 1.27 bits per heavy atom. The number of aryl methyl sites for hydroxylation is 1. The van der Waals surface area contributed by atoms with Gasteiger partial charge in [0.1, 0.15) is 11.9 Å². The van der Waals surface area contributed by atoms with Crippen molar-refractivity contribution in [2.75, 3.05) is 33.4 Å². The Kier molecular flexibility index (Phi) is 7.72. The normalized spacial score (nSPS) is 18.0. The van der Waals surface area contributed by atoms with Crippen LogP contribution in [-0.4, -0.2) is 51.0 Å². The SMILES string of the molecule is CN=C(NCCNC(C)(C)C)NCc1ccc(C)cc1OC1CCOC1. The Bertz CT molecular complexity index is 590. The van der Waals surface area contributed by atoms with Crippen LogP contribution in [-0.2, 0) is 11.3 Å². The fourth-order valence-electron chi connectivity index (χ4n) is 2.72. The van der Waals surface area contributed by atoms with E-state index in [0.29, 0.717) is 13.2 Å². The topological polar surface area (TPSA) is 66.9 Å². The highest BCUT2D eigenvalue weighted by molar-refractivity contribution is 5.79. The van der Waals surface area contributed by atoms with Crippen LogP contribution in [0, 0.1) is 6.92 Å². The van der Waals surface area contributed by atoms with E-state index in [0.717, 1.165) is 43.4 Å². The molecule has 0 amide bonds. The van der Waals surface area contributed by atoms with Gasteiger partial charge < -0.3 is 25.4 Å².